The van der Waals surface area contributed by atoms with Gasteiger partial charge in [0, 0.05) is 4.91 Å². The Morgan fingerprint density at radius 2 is 2.05 bits per heavy atom. The van der Waals surface area contributed by atoms with E-state index in [9.17, 15) is 13.7 Å². The van der Waals surface area contributed by atoms with Crippen LogP contribution in [0.3, 0.4) is 0 Å². The fraction of sp³-hybridized carbons (Fsp3) is 0.143. The molecule has 1 aromatic rings. The summed E-state index contributed by atoms with van der Waals surface area (Å²) < 4.78 is 26.2. The molecule has 1 aromatic carbocycles. The van der Waals surface area contributed by atoms with Gasteiger partial charge in [0.25, 0.3) is 0 Å². The summed E-state index contributed by atoms with van der Waals surface area (Å²) in [5.74, 6) is 0. The molecule has 1 aliphatic heterocycles. The molecule has 5 nitrogen and oxygen atoms in total. The standard InChI is InChI=1S/C14H12N2O3S2/c1-10-5-3-4-6-11(10)12(9-15)13-7-8-14(20-13)16-19-21(2,17)18/h3-8H,1-2H3/b13-12-,16-14+. The minimum atomic E-state index is -3.63. The average Bonchev–Trinajstić information content (AvgIpc) is 2.87. The van der Waals surface area contributed by atoms with E-state index in [0.29, 0.717) is 15.5 Å². The van der Waals surface area contributed by atoms with Crippen molar-refractivity contribution in [1.29, 1.82) is 5.26 Å². The van der Waals surface area contributed by atoms with Gasteiger partial charge in [-0.05, 0) is 30.2 Å². The number of rotatable bonds is 3. The molecular weight excluding hydrogens is 308 g/mol. The lowest BCUT2D eigenvalue weighted by Gasteiger charge is -2.05. The largest absolute Gasteiger partial charge is 0.325 e. The maximum absolute atomic E-state index is 10.9. The maximum atomic E-state index is 10.9. The number of allylic oxidation sites excluding steroid dienone is 2. The number of nitriles is 1. The van der Waals surface area contributed by atoms with E-state index >= 15 is 0 Å². The Hall–Kier alpha value is -2.04. The van der Waals surface area contributed by atoms with Gasteiger partial charge in [-0.25, -0.2) is 0 Å². The lowest BCUT2D eigenvalue weighted by atomic mass is 10.0. The van der Waals surface area contributed by atoms with Crippen LogP contribution in [0.1, 0.15) is 11.1 Å². The topological polar surface area (TPSA) is 79.5 Å². The second kappa shape index (κ2) is 6.16. The van der Waals surface area contributed by atoms with Gasteiger partial charge in [0.05, 0.1) is 11.8 Å². The van der Waals surface area contributed by atoms with Gasteiger partial charge < -0.3 is 0 Å². The van der Waals surface area contributed by atoms with Crippen LogP contribution in [0.4, 0.5) is 0 Å². The molecule has 2 rings (SSSR count). The Morgan fingerprint density at radius 1 is 1.33 bits per heavy atom. The molecular formula is C14H12N2O3S2. The normalized spacial score (nSPS) is 18.6. The first kappa shape index (κ1) is 15.4. The highest BCUT2D eigenvalue weighted by Gasteiger charge is 2.17. The predicted octanol–water partition coefficient (Wildman–Crippen LogP) is 2.82. The van der Waals surface area contributed by atoms with Crippen molar-refractivity contribution in [1.82, 2.24) is 0 Å². The van der Waals surface area contributed by atoms with E-state index in [-0.39, 0.29) is 0 Å². The number of aryl methyl sites for hydroxylation is 1. The molecule has 0 unspecified atom stereocenters. The van der Waals surface area contributed by atoms with E-state index in [1.807, 2.05) is 31.2 Å². The fourth-order valence-corrected chi connectivity index (χ4v) is 2.81. The number of hydrogen-bond donors (Lipinski definition) is 0. The molecule has 0 atom stereocenters. The molecule has 108 valence electrons. The number of thioether (sulfide) groups is 1. The minimum absolute atomic E-state index is 0.386. The third-order valence-corrected chi connectivity index (χ3v) is 3.95. The van der Waals surface area contributed by atoms with Gasteiger partial charge in [-0.15, -0.1) is 0 Å². The molecule has 0 N–H and O–H groups in total. The quantitative estimate of drug-likeness (QED) is 0.632. The number of oxime groups is 1. The van der Waals surface area contributed by atoms with Crippen molar-refractivity contribution < 1.29 is 12.7 Å². The van der Waals surface area contributed by atoms with Gasteiger partial charge in [-0.3, -0.25) is 4.28 Å². The molecule has 0 fully saturated rings. The van der Waals surface area contributed by atoms with Crippen LogP contribution >= 0.6 is 11.8 Å². The Bertz CT molecular complexity index is 800. The highest BCUT2D eigenvalue weighted by molar-refractivity contribution is 8.18. The molecule has 7 heteroatoms. The van der Waals surface area contributed by atoms with Crippen LogP contribution in [-0.4, -0.2) is 19.7 Å². The molecule has 1 aliphatic rings. The molecule has 0 spiro atoms. The molecule has 0 amide bonds. The van der Waals surface area contributed by atoms with Gasteiger partial charge in [-0.1, -0.05) is 41.2 Å². The lowest BCUT2D eigenvalue weighted by molar-refractivity contribution is 0.345. The maximum Gasteiger partial charge on any atom is 0.325 e. The van der Waals surface area contributed by atoms with E-state index in [0.717, 1.165) is 17.4 Å². The average molecular weight is 320 g/mol. The number of hydrogen-bond acceptors (Lipinski definition) is 6. The van der Waals surface area contributed by atoms with Gasteiger partial charge >= 0.3 is 10.1 Å². The van der Waals surface area contributed by atoms with Gasteiger partial charge in [0.15, 0.2) is 0 Å². The predicted molar refractivity (Wildman–Crippen MR) is 83.8 cm³/mol. The SMILES string of the molecule is Cc1ccccc1/C(C#N)=C1C=C/C(=N\OS(C)(=O)=O)S/1. The van der Waals surface area contributed by atoms with Crippen LogP contribution < -0.4 is 0 Å². The first-order chi connectivity index (χ1) is 9.90. The summed E-state index contributed by atoms with van der Waals surface area (Å²) in [6.45, 7) is 1.93. The van der Waals surface area contributed by atoms with Crippen molar-refractivity contribution in [2.75, 3.05) is 6.26 Å². The summed E-state index contributed by atoms with van der Waals surface area (Å²) in [5, 5.41) is 13.3. The minimum Gasteiger partial charge on any atom is -0.268 e. The Balaban J connectivity index is 2.32. The number of nitrogens with zero attached hydrogens (tertiary/aromatic N) is 2. The molecule has 0 radical (unpaired) electrons. The Labute approximate surface area is 127 Å². The van der Waals surface area contributed by atoms with Crippen molar-refractivity contribution in [2.45, 2.75) is 6.92 Å². The summed E-state index contributed by atoms with van der Waals surface area (Å²) in [7, 11) is -3.63. The summed E-state index contributed by atoms with van der Waals surface area (Å²) >= 11 is 1.19. The highest BCUT2D eigenvalue weighted by Crippen LogP contribution is 2.34. The van der Waals surface area contributed by atoms with Gasteiger partial charge in [0.1, 0.15) is 11.1 Å². The molecule has 0 aliphatic carbocycles. The summed E-state index contributed by atoms with van der Waals surface area (Å²) in [6, 6.07) is 9.76. The van der Waals surface area contributed by atoms with Crippen molar-refractivity contribution in [3.8, 4) is 6.07 Å². The van der Waals surface area contributed by atoms with E-state index < -0.39 is 10.1 Å². The fourth-order valence-electron chi connectivity index (χ4n) is 1.72. The first-order valence-corrected chi connectivity index (χ1v) is 8.57. The van der Waals surface area contributed by atoms with E-state index in [1.165, 1.54) is 11.8 Å². The van der Waals surface area contributed by atoms with Gasteiger partial charge in [0.2, 0.25) is 0 Å². The Morgan fingerprint density at radius 3 is 2.67 bits per heavy atom. The first-order valence-electron chi connectivity index (χ1n) is 5.93. The zero-order valence-corrected chi connectivity index (χ0v) is 13.0. The van der Waals surface area contributed by atoms with Crippen molar-refractivity contribution in [2.24, 2.45) is 5.16 Å². The third kappa shape index (κ3) is 3.97. The van der Waals surface area contributed by atoms with Crippen molar-refractivity contribution >= 4 is 32.5 Å². The van der Waals surface area contributed by atoms with Crippen molar-refractivity contribution in [3.63, 3.8) is 0 Å². The van der Waals surface area contributed by atoms with Crippen LogP contribution in [0.15, 0.2) is 46.5 Å². The third-order valence-electron chi connectivity index (χ3n) is 2.63. The second-order valence-corrected chi connectivity index (χ2v) is 6.93. The van der Waals surface area contributed by atoms with Crippen LogP contribution in [0.2, 0.25) is 0 Å². The molecule has 21 heavy (non-hydrogen) atoms. The second-order valence-electron chi connectivity index (χ2n) is 4.31. The number of benzene rings is 1. The Kier molecular flexibility index (Phi) is 4.50. The van der Waals surface area contributed by atoms with Crippen LogP contribution in [0, 0.1) is 18.3 Å². The smallest absolute Gasteiger partial charge is 0.268 e. The zero-order valence-electron chi connectivity index (χ0n) is 11.4. The van der Waals surface area contributed by atoms with Crippen LogP contribution in [-0.2, 0) is 14.4 Å². The van der Waals surface area contributed by atoms with E-state index in [1.54, 1.807) is 12.2 Å². The molecule has 0 bridgehead atoms. The van der Waals surface area contributed by atoms with E-state index in [2.05, 4.69) is 15.5 Å². The summed E-state index contributed by atoms with van der Waals surface area (Å²) in [6.07, 6.45) is 4.26. The molecule has 0 aromatic heterocycles. The molecule has 0 saturated carbocycles. The summed E-state index contributed by atoms with van der Waals surface area (Å²) in [4.78, 5) is 0.711. The van der Waals surface area contributed by atoms with Gasteiger partial charge in [-0.2, -0.15) is 13.7 Å². The van der Waals surface area contributed by atoms with Crippen molar-refractivity contribution in [3.05, 3.63) is 52.4 Å². The summed E-state index contributed by atoms with van der Waals surface area (Å²) in [5.41, 5.74) is 2.37. The van der Waals surface area contributed by atoms with E-state index in [4.69, 9.17) is 0 Å². The molecule has 0 saturated heterocycles. The zero-order chi connectivity index (χ0) is 15.5. The van der Waals surface area contributed by atoms with Crippen LogP contribution in [0.25, 0.3) is 5.57 Å². The van der Waals surface area contributed by atoms with Crippen LogP contribution in [0.5, 0.6) is 0 Å². The lowest BCUT2D eigenvalue weighted by Crippen LogP contribution is -1.98. The molecule has 1 heterocycles. The highest BCUT2D eigenvalue weighted by atomic mass is 32.2. The monoisotopic (exact) mass is 320 g/mol.